The Labute approximate surface area is 159 Å². The van der Waals surface area contributed by atoms with Gasteiger partial charge in [0.25, 0.3) is 0 Å². The molecule has 0 bridgehead atoms. The largest absolute Gasteiger partial charge is 0.361 e. The first-order valence-electron chi connectivity index (χ1n) is 8.78. The van der Waals surface area contributed by atoms with Crippen LogP contribution in [-0.4, -0.2) is 50.4 Å². The predicted octanol–water partition coefficient (Wildman–Crippen LogP) is 1.83. The number of aryl methyl sites for hydroxylation is 2. The number of aromatic nitrogens is 1. The lowest BCUT2D eigenvalue weighted by atomic mass is 10.2. The monoisotopic (exact) mass is 392 g/mol. The highest BCUT2D eigenvalue weighted by atomic mass is 32.2. The van der Waals surface area contributed by atoms with E-state index in [9.17, 15) is 13.2 Å². The molecule has 0 aliphatic carbocycles. The lowest BCUT2D eigenvalue weighted by molar-refractivity contribution is 0.207. The summed E-state index contributed by atoms with van der Waals surface area (Å²) in [6.07, 6.45) is 0.710. The van der Waals surface area contributed by atoms with Crippen LogP contribution in [0.15, 0.2) is 28.8 Å². The number of nitrogens with one attached hydrogen (secondary N) is 1. The summed E-state index contributed by atoms with van der Waals surface area (Å²) in [6.45, 7) is 4.45. The fourth-order valence-electron chi connectivity index (χ4n) is 3.17. The van der Waals surface area contributed by atoms with Crippen molar-refractivity contribution in [3.05, 3.63) is 46.8 Å². The third-order valence-electron chi connectivity index (χ3n) is 4.74. The van der Waals surface area contributed by atoms with Crippen molar-refractivity contribution in [3.8, 4) is 0 Å². The number of sulfonamides is 1. The highest BCUT2D eigenvalue weighted by Crippen LogP contribution is 2.29. The number of carbonyl (C=O) groups excluding carboxylic acids is 1. The molecule has 1 aliphatic heterocycles. The molecule has 0 spiro atoms. The molecule has 1 aliphatic rings. The fraction of sp³-hybridized carbons (Fsp3) is 0.444. The zero-order valence-electron chi connectivity index (χ0n) is 15.7. The van der Waals surface area contributed by atoms with E-state index in [2.05, 4.69) is 10.5 Å². The molecule has 27 heavy (non-hydrogen) atoms. The number of amides is 2. The van der Waals surface area contributed by atoms with Crippen molar-refractivity contribution < 1.29 is 17.7 Å². The number of nitrogens with zero attached hydrogens (tertiary/aromatic N) is 3. The van der Waals surface area contributed by atoms with Crippen molar-refractivity contribution in [2.24, 2.45) is 0 Å². The number of urea groups is 1. The molecule has 0 saturated carbocycles. The number of hydrogen-bond donors (Lipinski definition) is 1. The van der Waals surface area contributed by atoms with Crippen LogP contribution in [0.2, 0.25) is 0 Å². The van der Waals surface area contributed by atoms with Gasteiger partial charge in [-0.25, -0.2) is 13.2 Å². The Balaban J connectivity index is 1.54. The standard InChI is InChI=1S/C18H24N4O4S/c1-13-16(14(2)26-20-13)12-21(3)18(23)19-9-11-27(24,25)22-10-8-15-6-4-5-7-17(15)22/h4-7H,8-12H2,1-3H3,(H,19,23). The fourth-order valence-corrected chi connectivity index (χ4v) is 4.59. The van der Waals surface area contributed by atoms with Crippen molar-refractivity contribution in [2.75, 3.05) is 30.2 Å². The topological polar surface area (TPSA) is 95.7 Å². The molecule has 2 heterocycles. The van der Waals surface area contributed by atoms with Crippen molar-refractivity contribution in [3.63, 3.8) is 0 Å². The minimum atomic E-state index is -3.48. The second-order valence-corrected chi connectivity index (χ2v) is 8.67. The molecule has 146 valence electrons. The zero-order valence-corrected chi connectivity index (χ0v) is 16.5. The molecule has 2 amide bonds. The Hall–Kier alpha value is -2.55. The number of hydrogen-bond acceptors (Lipinski definition) is 5. The van der Waals surface area contributed by atoms with Crippen LogP contribution in [0.1, 0.15) is 22.6 Å². The summed E-state index contributed by atoms with van der Waals surface area (Å²) in [4.78, 5) is 13.7. The molecule has 0 radical (unpaired) electrons. The van der Waals surface area contributed by atoms with E-state index in [1.807, 2.05) is 31.2 Å². The second kappa shape index (κ2) is 7.59. The van der Waals surface area contributed by atoms with Gasteiger partial charge in [-0.3, -0.25) is 4.31 Å². The van der Waals surface area contributed by atoms with Crippen molar-refractivity contribution in [1.29, 1.82) is 0 Å². The van der Waals surface area contributed by atoms with Crippen LogP contribution < -0.4 is 9.62 Å². The van der Waals surface area contributed by atoms with Gasteiger partial charge in [0.1, 0.15) is 5.76 Å². The molecule has 1 aromatic carbocycles. The van der Waals surface area contributed by atoms with E-state index in [0.29, 0.717) is 25.3 Å². The SMILES string of the molecule is Cc1noc(C)c1CN(C)C(=O)NCCS(=O)(=O)N1CCc2ccccc21. The second-order valence-electron chi connectivity index (χ2n) is 6.66. The number of anilines is 1. The molecule has 1 aromatic heterocycles. The van der Waals surface area contributed by atoms with Gasteiger partial charge in [0.15, 0.2) is 0 Å². The number of rotatable bonds is 6. The van der Waals surface area contributed by atoms with Crippen LogP contribution >= 0.6 is 0 Å². The van der Waals surface area contributed by atoms with Crippen LogP contribution in [0, 0.1) is 13.8 Å². The first-order valence-corrected chi connectivity index (χ1v) is 10.4. The van der Waals surface area contributed by atoms with Crippen LogP contribution in [0.5, 0.6) is 0 Å². The molecule has 0 atom stereocenters. The van der Waals surface area contributed by atoms with E-state index in [0.717, 1.165) is 22.5 Å². The van der Waals surface area contributed by atoms with Crippen molar-refractivity contribution >= 4 is 21.7 Å². The number of fused-ring (bicyclic) bond motifs is 1. The molecule has 9 heteroatoms. The highest BCUT2D eigenvalue weighted by Gasteiger charge is 2.28. The normalized spacial score (nSPS) is 13.5. The Bertz CT molecular complexity index is 919. The van der Waals surface area contributed by atoms with E-state index in [1.165, 1.54) is 9.21 Å². The van der Waals surface area contributed by atoms with E-state index in [-0.39, 0.29) is 18.3 Å². The van der Waals surface area contributed by atoms with Crippen LogP contribution in [0.4, 0.5) is 10.5 Å². The number of benzene rings is 1. The maximum atomic E-state index is 12.6. The third kappa shape index (κ3) is 4.08. The summed E-state index contributed by atoms with van der Waals surface area (Å²) in [5.41, 5.74) is 3.36. The van der Waals surface area contributed by atoms with Gasteiger partial charge < -0.3 is 14.7 Å². The molecule has 8 nitrogen and oxygen atoms in total. The molecular formula is C18H24N4O4S. The van der Waals surface area contributed by atoms with E-state index >= 15 is 0 Å². The van der Waals surface area contributed by atoms with E-state index in [1.54, 1.807) is 14.0 Å². The van der Waals surface area contributed by atoms with Gasteiger partial charge >= 0.3 is 6.03 Å². The molecule has 2 aromatic rings. The molecule has 0 unspecified atom stereocenters. The minimum Gasteiger partial charge on any atom is -0.361 e. The lowest BCUT2D eigenvalue weighted by Crippen LogP contribution is -2.41. The lowest BCUT2D eigenvalue weighted by Gasteiger charge is -2.21. The van der Waals surface area contributed by atoms with Crippen LogP contribution in [-0.2, 0) is 23.0 Å². The van der Waals surface area contributed by atoms with E-state index in [4.69, 9.17) is 4.52 Å². The summed E-state index contributed by atoms with van der Waals surface area (Å²) in [5, 5.41) is 6.53. The van der Waals surface area contributed by atoms with Gasteiger partial charge in [-0.1, -0.05) is 23.4 Å². The first-order chi connectivity index (χ1) is 12.8. The summed E-state index contributed by atoms with van der Waals surface area (Å²) in [7, 11) is -1.84. The smallest absolute Gasteiger partial charge is 0.317 e. The average Bonchev–Trinajstić information content (AvgIpc) is 3.20. The van der Waals surface area contributed by atoms with Gasteiger partial charge in [-0.2, -0.15) is 0 Å². The van der Waals surface area contributed by atoms with Gasteiger partial charge in [-0.05, 0) is 31.9 Å². The molecular weight excluding hydrogens is 368 g/mol. The summed E-state index contributed by atoms with van der Waals surface area (Å²) in [6, 6.07) is 7.15. The van der Waals surface area contributed by atoms with Gasteiger partial charge in [0.05, 0.1) is 23.7 Å². The van der Waals surface area contributed by atoms with Crippen LogP contribution in [0.3, 0.4) is 0 Å². The number of para-hydroxylation sites is 1. The number of carbonyl (C=O) groups is 1. The van der Waals surface area contributed by atoms with Gasteiger partial charge in [0.2, 0.25) is 10.0 Å². The average molecular weight is 392 g/mol. The van der Waals surface area contributed by atoms with Crippen LogP contribution in [0.25, 0.3) is 0 Å². The van der Waals surface area contributed by atoms with E-state index < -0.39 is 10.0 Å². The first kappa shape index (κ1) is 19.2. The molecule has 0 fully saturated rings. The van der Waals surface area contributed by atoms with Crippen molar-refractivity contribution in [1.82, 2.24) is 15.4 Å². The molecule has 3 rings (SSSR count). The quantitative estimate of drug-likeness (QED) is 0.809. The summed E-state index contributed by atoms with van der Waals surface area (Å²) in [5.74, 6) is 0.522. The predicted molar refractivity (Wildman–Crippen MR) is 102 cm³/mol. The highest BCUT2D eigenvalue weighted by molar-refractivity contribution is 7.92. The third-order valence-corrected chi connectivity index (χ3v) is 6.51. The Morgan fingerprint density at radius 1 is 1.33 bits per heavy atom. The van der Waals surface area contributed by atoms with Crippen molar-refractivity contribution in [2.45, 2.75) is 26.8 Å². The van der Waals surface area contributed by atoms with Gasteiger partial charge in [-0.15, -0.1) is 0 Å². The summed E-state index contributed by atoms with van der Waals surface area (Å²) < 4.78 is 31.8. The maximum Gasteiger partial charge on any atom is 0.317 e. The Kier molecular flexibility index (Phi) is 5.41. The zero-order chi connectivity index (χ0) is 19.6. The molecule has 0 saturated heterocycles. The minimum absolute atomic E-state index is 0.0474. The van der Waals surface area contributed by atoms with Gasteiger partial charge in [0, 0.05) is 25.7 Å². The Morgan fingerprint density at radius 2 is 2.07 bits per heavy atom. The Morgan fingerprint density at radius 3 is 2.78 bits per heavy atom. The summed E-state index contributed by atoms with van der Waals surface area (Å²) >= 11 is 0. The molecule has 1 N–H and O–H groups in total. The maximum absolute atomic E-state index is 12.6.